The number of carbonyl (C=O) groups is 3. The van der Waals surface area contributed by atoms with Crippen LogP contribution in [-0.4, -0.2) is 42.1 Å². The molecule has 156 valence electrons. The number of anilines is 1. The van der Waals surface area contributed by atoms with E-state index >= 15 is 0 Å². The van der Waals surface area contributed by atoms with E-state index in [1.807, 2.05) is 36.5 Å². The molecule has 4 N–H and O–H groups in total. The van der Waals surface area contributed by atoms with Gasteiger partial charge in [0.25, 0.3) is 5.91 Å². The van der Waals surface area contributed by atoms with E-state index in [1.165, 1.54) is 6.92 Å². The van der Waals surface area contributed by atoms with Crippen LogP contribution in [0.15, 0.2) is 60.8 Å². The Balaban J connectivity index is 1.35. The molecule has 1 heterocycles. The molecule has 3 aromatic rings. The van der Waals surface area contributed by atoms with Gasteiger partial charge in [0.05, 0.1) is 0 Å². The Bertz CT molecular complexity index is 1020. The van der Waals surface area contributed by atoms with Crippen LogP contribution in [0.1, 0.15) is 12.5 Å². The molecule has 0 aliphatic rings. The highest BCUT2D eigenvalue weighted by Crippen LogP contribution is 2.17. The van der Waals surface area contributed by atoms with Crippen LogP contribution >= 0.6 is 0 Å². The first kappa shape index (κ1) is 20.9. The summed E-state index contributed by atoms with van der Waals surface area (Å²) in [5.74, 6) is -1.09. The molecule has 0 spiro atoms. The van der Waals surface area contributed by atoms with Crippen LogP contribution in [0, 0.1) is 0 Å². The highest BCUT2D eigenvalue weighted by atomic mass is 16.5. The average molecular weight is 408 g/mol. The Kier molecular flexibility index (Phi) is 7.05. The molecule has 30 heavy (non-hydrogen) atoms. The molecule has 0 aliphatic carbocycles. The van der Waals surface area contributed by atoms with E-state index in [9.17, 15) is 14.4 Å². The van der Waals surface area contributed by atoms with Crippen molar-refractivity contribution in [1.29, 1.82) is 0 Å². The molecule has 3 amide bonds. The lowest BCUT2D eigenvalue weighted by molar-refractivity contribution is -0.149. The van der Waals surface area contributed by atoms with Gasteiger partial charge in [-0.25, -0.2) is 9.59 Å². The number of para-hydroxylation sites is 2. The molecule has 0 unspecified atom stereocenters. The quantitative estimate of drug-likeness (QED) is 0.429. The maximum atomic E-state index is 12.0. The fourth-order valence-electron chi connectivity index (χ4n) is 2.93. The zero-order valence-electron chi connectivity index (χ0n) is 16.6. The second-order valence-corrected chi connectivity index (χ2v) is 6.75. The molecular formula is C22H24N4O4. The molecular weight excluding hydrogens is 384 g/mol. The molecule has 1 atom stereocenters. The summed E-state index contributed by atoms with van der Waals surface area (Å²) in [5.41, 5.74) is 2.75. The van der Waals surface area contributed by atoms with Gasteiger partial charge in [0, 0.05) is 29.3 Å². The number of fused-ring (bicyclic) bond motifs is 1. The number of ether oxygens (including phenoxy) is 1. The van der Waals surface area contributed by atoms with Gasteiger partial charge in [-0.2, -0.15) is 0 Å². The number of nitrogens with one attached hydrogen (secondary N) is 4. The lowest BCUT2D eigenvalue weighted by atomic mass is 10.1. The lowest BCUT2D eigenvalue weighted by Crippen LogP contribution is -2.43. The van der Waals surface area contributed by atoms with E-state index < -0.39 is 30.6 Å². The number of esters is 1. The molecule has 0 fully saturated rings. The van der Waals surface area contributed by atoms with Gasteiger partial charge in [-0.1, -0.05) is 36.4 Å². The SMILES string of the molecule is C[C@H](NC(=O)Nc1ccccc1)C(=O)OCC(=O)NCCc1c[nH]c2ccccc12. The number of H-pyrrole nitrogens is 1. The molecule has 8 heteroatoms. The Morgan fingerprint density at radius 3 is 2.57 bits per heavy atom. The predicted octanol–water partition coefficient (Wildman–Crippen LogP) is 2.58. The van der Waals surface area contributed by atoms with Crippen molar-refractivity contribution in [2.24, 2.45) is 0 Å². The zero-order valence-corrected chi connectivity index (χ0v) is 16.6. The summed E-state index contributed by atoms with van der Waals surface area (Å²) >= 11 is 0. The van der Waals surface area contributed by atoms with Crippen LogP contribution < -0.4 is 16.0 Å². The molecule has 0 saturated carbocycles. The zero-order chi connectivity index (χ0) is 21.3. The van der Waals surface area contributed by atoms with Crippen LogP contribution in [0.25, 0.3) is 10.9 Å². The Labute approximate surface area is 174 Å². The molecule has 0 aliphatic heterocycles. The molecule has 1 aromatic heterocycles. The number of hydrogen-bond acceptors (Lipinski definition) is 4. The number of benzene rings is 2. The number of rotatable bonds is 8. The standard InChI is InChI=1S/C22H24N4O4/c1-15(25-22(29)26-17-7-3-2-4-8-17)21(28)30-14-20(27)23-12-11-16-13-24-19-10-6-5-9-18(16)19/h2-10,13,15,24H,11-12,14H2,1H3,(H,23,27)(H2,25,26,29)/t15-/m0/s1. The van der Waals surface area contributed by atoms with Crippen molar-refractivity contribution in [2.75, 3.05) is 18.5 Å². The summed E-state index contributed by atoms with van der Waals surface area (Å²) in [4.78, 5) is 39.0. The van der Waals surface area contributed by atoms with Gasteiger partial charge in [-0.05, 0) is 37.1 Å². The predicted molar refractivity (Wildman–Crippen MR) is 114 cm³/mol. The number of carbonyl (C=O) groups excluding carboxylic acids is 3. The monoisotopic (exact) mass is 408 g/mol. The topological polar surface area (TPSA) is 112 Å². The maximum Gasteiger partial charge on any atom is 0.328 e. The van der Waals surface area contributed by atoms with Crippen LogP contribution in [0.3, 0.4) is 0 Å². The van der Waals surface area contributed by atoms with Crippen molar-refractivity contribution >= 4 is 34.5 Å². The van der Waals surface area contributed by atoms with E-state index in [-0.39, 0.29) is 0 Å². The normalized spacial score (nSPS) is 11.5. The maximum absolute atomic E-state index is 12.0. The number of aromatic amines is 1. The highest BCUT2D eigenvalue weighted by molar-refractivity contribution is 5.92. The first-order valence-corrected chi connectivity index (χ1v) is 9.64. The Morgan fingerprint density at radius 2 is 1.77 bits per heavy atom. The van der Waals surface area contributed by atoms with E-state index in [0.29, 0.717) is 18.7 Å². The largest absolute Gasteiger partial charge is 0.454 e. The van der Waals surface area contributed by atoms with Gasteiger partial charge in [-0.3, -0.25) is 4.79 Å². The third kappa shape index (κ3) is 5.84. The summed E-state index contributed by atoms with van der Waals surface area (Å²) in [6, 6.07) is 15.4. The summed E-state index contributed by atoms with van der Waals surface area (Å²) < 4.78 is 4.98. The minimum absolute atomic E-state index is 0.399. The van der Waals surface area contributed by atoms with Crippen molar-refractivity contribution < 1.29 is 19.1 Å². The van der Waals surface area contributed by atoms with Crippen molar-refractivity contribution in [1.82, 2.24) is 15.6 Å². The fraction of sp³-hybridized carbons (Fsp3) is 0.227. The van der Waals surface area contributed by atoms with Crippen molar-refractivity contribution in [3.8, 4) is 0 Å². The number of urea groups is 1. The van der Waals surface area contributed by atoms with Crippen LogP contribution in [0.4, 0.5) is 10.5 Å². The van der Waals surface area contributed by atoms with Crippen molar-refractivity contribution in [3.63, 3.8) is 0 Å². The third-order valence-corrected chi connectivity index (χ3v) is 4.47. The second-order valence-electron chi connectivity index (χ2n) is 6.75. The number of amides is 3. The van der Waals surface area contributed by atoms with Crippen LogP contribution in [-0.2, 0) is 20.7 Å². The van der Waals surface area contributed by atoms with E-state index in [0.717, 1.165) is 16.5 Å². The van der Waals surface area contributed by atoms with Gasteiger partial charge in [-0.15, -0.1) is 0 Å². The molecule has 8 nitrogen and oxygen atoms in total. The summed E-state index contributed by atoms with van der Waals surface area (Å²) in [6.07, 6.45) is 2.58. The van der Waals surface area contributed by atoms with E-state index in [1.54, 1.807) is 24.3 Å². The average Bonchev–Trinajstić information content (AvgIpc) is 3.16. The van der Waals surface area contributed by atoms with Gasteiger partial charge in [0.2, 0.25) is 0 Å². The minimum Gasteiger partial charge on any atom is -0.454 e. The molecule has 0 bridgehead atoms. The molecule has 0 saturated heterocycles. The Morgan fingerprint density at radius 1 is 1.03 bits per heavy atom. The smallest absolute Gasteiger partial charge is 0.328 e. The Hall–Kier alpha value is -3.81. The van der Waals surface area contributed by atoms with Gasteiger partial charge < -0.3 is 25.7 Å². The number of aromatic nitrogens is 1. The lowest BCUT2D eigenvalue weighted by Gasteiger charge is -2.14. The van der Waals surface area contributed by atoms with Crippen molar-refractivity contribution in [2.45, 2.75) is 19.4 Å². The van der Waals surface area contributed by atoms with Gasteiger partial charge in [0.1, 0.15) is 6.04 Å². The molecule has 0 radical (unpaired) electrons. The summed E-state index contributed by atoms with van der Waals surface area (Å²) in [6.45, 7) is 1.51. The summed E-state index contributed by atoms with van der Waals surface area (Å²) in [5, 5.41) is 8.92. The van der Waals surface area contributed by atoms with Gasteiger partial charge in [0.15, 0.2) is 6.61 Å². The van der Waals surface area contributed by atoms with Crippen LogP contribution in [0.2, 0.25) is 0 Å². The molecule has 2 aromatic carbocycles. The van der Waals surface area contributed by atoms with E-state index in [2.05, 4.69) is 20.9 Å². The highest BCUT2D eigenvalue weighted by Gasteiger charge is 2.18. The first-order valence-electron chi connectivity index (χ1n) is 9.64. The van der Waals surface area contributed by atoms with Crippen LogP contribution in [0.5, 0.6) is 0 Å². The van der Waals surface area contributed by atoms with Gasteiger partial charge >= 0.3 is 12.0 Å². The number of hydrogen-bond donors (Lipinski definition) is 4. The minimum atomic E-state index is -0.896. The summed E-state index contributed by atoms with van der Waals surface area (Å²) in [7, 11) is 0. The van der Waals surface area contributed by atoms with Crippen molar-refractivity contribution in [3.05, 3.63) is 66.4 Å². The van der Waals surface area contributed by atoms with E-state index in [4.69, 9.17) is 4.74 Å². The fourth-order valence-corrected chi connectivity index (χ4v) is 2.93. The first-order chi connectivity index (χ1) is 14.5. The second kappa shape index (κ2) is 10.1. The third-order valence-electron chi connectivity index (χ3n) is 4.47. The molecule has 3 rings (SSSR count).